The average Bonchev–Trinajstić information content (AvgIpc) is 4.01. The molecule has 3 heteroatoms. The molecule has 1 aromatic heterocycles. The van der Waals surface area contributed by atoms with Crippen LogP contribution in [0.4, 0.5) is 17.1 Å². The van der Waals surface area contributed by atoms with E-state index in [9.17, 15) is 0 Å². The zero-order valence-corrected chi connectivity index (χ0v) is 43.3. The number of hydrogen-bond donors (Lipinski definition) is 0. The van der Waals surface area contributed by atoms with Gasteiger partial charge < -0.3 is 14.2 Å². The first-order valence-electron chi connectivity index (χ1n) is 27.0. The van der Waals surface area contributed by atoms with Crippen LogP contribution in [0.1, 0.15) is 66.8 Å². The third-order valence-corrected chi connectivity index (χ3v) is 16.0. The largest absolute Gasteiger partial charge is 0.493 e. The van der Waals surface area contributed by atoms with Gasteiger partial charge in [0, 0.05) is 38.9 Å². The van der Waals surface area contributed by atoms with Gasteiger partial charge in [-0.15, -0.1) is 0 Å². The SMILES string of the molecule is C=Cc1ccc(OCC(CC)CCCCC2(c3ccccc3)c3ccccc3-c3ccc(N(c4ccccc4)c4ccc(-c5ccc6c(c5)c5cc(-c7ccc(C=C)cc7)ccc5n6-c5ccccc5)cc4)cc32)cc1. The van der Waals surface area contributed by atoms with Gasteiger partial charge in [-0.3, -0.25) is 0 Å². The summed E-state index contributed by atoms with van der Waals surface area (Å²) in [7, 11) is 0. The number of anilines is 3. The zero-order chi connectivity index (χ0) is 51.4. The van der Waals surface area contributed by atoms with Crippen LogP contribution in [0.5, 0.6) is 5.75 Å². The van der Waals surface area contributed by atoms with Crippen LogP contribution in [0.15, 0.2) is 256 Å². The second-order valence-corrected chi connectivity index (χ2v) is 20.3. The van der Waals surface area contributed by atoms with E-state index < -0.39 is 0 Å². The van der Waals surface area contributed by atoms with E-state index in [1.165, 1.54) is 71.9 Å². The Labute approximate surface area is 448 Å². The lowest BCUT2D eigenvalue weighted by Gasteiger charge is -2.34. The number of hydrogen-bond acceptors (Lipinski definition) is 2. The summed E-state index contributed by atoms with van der Waals surface area (Å²) in [5.74, 6) is 1.40. The van der Waals surface area contributed by atoms with Crippen LogP contribution in [-0.4, -0.2) is 11.2 Å². The van der Waals surface area contributed by atoms with Crippen molar-refractivity contribution in [1.29, 1.82) is 0 Å². The number of aromatic nitrogens is 1. The van der Waals surface area contributed by atoms with Crippen molar-refractivity contribution in [2.24, 2.45) is 5.92 Å². The fourth-order valence-electron chi connectivity index (χ4n) is 12.0. The number of ether oxygens (including phenoxy) is 1. The molecule has 0 amide bonds. The molecule has 10 aromatic carbocycles. The molecule has 0 radical (unpaired) electrons. The lowest BCUT2D eigenvalue weighted by Crippen LogP contribution is -2.27. The molecule has 0 saturated carbocycles. The Kier molecular flexibility index (Phi) is 13.4. The molecule has 0 saturated heterocycles. The highest BCUT2D eigenvalue weighted by atomic mass is 16.5. The van der Waals surface area contributed by atoms with E-state index in [-0.39, 0.29) is 5.41 Å². The van der Waals surface area contributed by atoms with Gasteiger partial charge in [0.2, 0.25) is 0 Å². The molecule has 0 fully saturated rings. The minimum absolute atomic E-state index is 0.320. The Morgan fingerprint density at radius 1 is 0.487 bits per heavy atom. The zero-order valence-electron chi connectivity index (χ0n) is 43.3. The van der Waals surface area contributed by atoms with E-state index in [0.29, 0.717) is 5.92 Å². The number of rotatable bonds is 18. The lowest BCUT2D eigenvalue weighted by molar-refractivity contribution is 0.232. The molecule has 76 heavy (non-hydrogen) atoms. The molecule has 1 heterocycles. The van der Waals surface area contributed by atoms with Gasteiger partial charge in [0.05, 0.1) is 17.6 Å². The maximum Gasteiger partial charge on any atom is 0.119 e. The van der Waals surface area contributed by atoms with E-state index in [1.54, 1.807) is 0 Å². The summed E-state index contributed by atoms with van der Waals surface area (Å²) in [5.41, 5.74) is 20.2. The van der Waals surface area contributed by atoms with Crippen LogP contribution < -0.4 is 9.64 Å². The minimum atomic E-state index is -0.320. The van der Waals surface area contributed by atoms with E-state index in [2.05, 4.69) is 272 Å². The molecule has 0 aliphatic heterocycles. The first-order chi connectivity index (χ1) is 37.5. The van der Waals surface area contributed by atoms with Crippen LogP contribution in [0.25, 0.3) is 73.0 Å². The summed E-state index contributed by atoms with van der Waals surface area (Å²) < 4.78 is 8.73. The predicted molar refractivity (Wildman–Crippen MR) is 322 cm³/mol. The Morgan fingerprint density at radius 2 is 1.01 bits per heavy atom. The standard InChI is InChI=1S/C73H62N2O/c1-4-52-29-33-55(34-30-52)57-37-45-71-67(48-57)68-49-58(38-46-72(68)75(71)61-25-14-9-15-26-61)56-35-39-62(40-36-56)74(60-23-12-8-13-24-60)63-41-44-66-65-27-16-17-28-69(65)73(70(66)50-63,59-21-10-7-11-22-59)47-19-18-20-54(6-3)51-76-64-42-31-53(5-2)32-43-64/h4-5,7-17,21-46,48-50,54H,1-2,6,18-20,47,51H2,3H3. The van der Waals surface area contributed by atoms with Crippen LogP contribution in [0, 0.1) is 5.92 Å². The molecule has 2 unspecified atom stereocenters. The van der Waals surface area contributed by atoms with Crippen molar-refractivity contribution in [3.63, 3.8) is 0 Å². The molecule has 2 atom stereocenters. The Hall–Kier alpha value is -8.92. The number of benzene rings is 10. The van der Waals surface area contributed by atoms with Crippen molar-refractivity contribution in [2.45, 2.75) is 44.4 Å². The molecule has 3 nitrogen and oxygen atoms in total. The molecule has 0 N–H and O–H groups in total. The third kappa shape index (κ3) is 9.02. The van der Waals surface area contributed by atoms with E-state index in [1.807, 2.05) is 12.2 Å². The summed E-state index contributed by atoms with van der Waals surface area (Å²) in [5, 5.41) is 2.45. The quantitative estimate of drug-likeness (QED) is 0.0797. The summed E-state index contributed by atoms with van der Waals surface area (Å²) in [6.07, 6.45) is 9.19. The first-order valence-corrected chi connectivity index (χ1v) is 27.0. The van der Waals surface area contributed by atoms with Gasteiger partial charge in [0.1, 0.15) is 5.75 Å². The van der Waals surface area contributed by atoms with Gasteiger partial charge in [-0.1, -0.05) is 209 Å². The van der Waals surface area contributed by atoms with E-state index in [0.717, 1.165) is 78.3 Å². The molecular formula is C73H62N2O. The van der Waals surface area contributed by atoms with Crippen LogP contribution >= 0.6 is 0 Å². The monoisotopic (exact) mass is 982 g/mol. The summed E-state index contributed by atoms with van der Waals surface area (Å²) in [6.45, 7) is 10.9. The van der Waals surface area contributed by atoms with Crippen molar-refractivity contribution in [3.05, 3.63) is 284 Å². The highest BCUT2D eigenvalue weighted by Crippen LogP contribution is 2.56. The van der Waals surface area contributed by atoms with Gasteiger partial charge >= 0.3 is 0 Å². The molecular weight excluding hydrogens is 921 g/mol. The van der Waals surface area contributed by atoms with Crippen LogP contribution in [-0.2, 0) is 5.41 Å². The highest BCUT2D eigenvalue weighted by Gasteiger charge is 2.44. The molecule has 370 valence electrons. The van der Waals surface area contributed by atoms with E-state index in [4.69, 9.17) is 4.74 Å². The maximum atomic E-state index is 6.33. The predicted octanol–water partition coefficient (Wildman–Crippen LogP) is 19.9. The smallest absolute Gasteiger partial charge is 0.119 e. The number of para-hydroxylation sites is 2. The minimum Gasteiger partial charge on any atom is -0.493 e. The maximum absolute atomic E-state index is 6.33. The van der Waals surface area contributed by atoms with Gasteiger partial charge in [-0.25, -0.2) is 0 Å². The van der Waals surface area contributed by atoms with Crippen molar-refractivity contribution < 1.29 is 4.74 Å². The van der Waals surface area contributed by atoms with Gasteiger partial charge in [-0.2, -0.15) is 0 Å². The van der Waals surface area contributed by atoms with Crippen molar-refractivity contribution in [3.8, 4) is 44.8 Å². The molecule has 12 rings (SSSR count). The van der Waals surface area contributed by atoms with Crippen LogP contribution in [0.3, 0.4) is 0 Å². The normalized spacial score (nSPS) is 14.0. The van der Waals surface area contributed by atoms with Gasteiger partial charge in [0.15, 0.2) is 0 Å². The molecule has 0 spiro atoms. The van der Waals surface area contributed by atoms with Crippen LogP contribution in [0.2, 0.25) is 0 Å². The Morgan fingerprint density at radius 3 is 1.64 bits per heavy atom. The lowest BCUT2D eigenvalue weighted by atomic mass is 9.69. The van der Waals surface area contributed by atoms with Gasteiger partial charge in [0.25, 0.3) is 0 Å². The van der Waals surface area contributed by atoms with Crippen molar-refractivity contribution in [1.82, 2.24) is 4.57 Å². The highest BCUT2D eigenvalue weighted by molar-refractivity contribution is 6.11. The van der Waals surface area contributed by atoms with Crippen molar-refractivity contribution >= 4 is 51.0 Å². The van der Waals surface area contributed by atoms with E-state index >= 15 is 0 Å². The molecule has 1 aliphatic rings. The fourth-order valence-corrected chi connectivity index (χ4v) is 12.0. The second kappa shape index (κ2) is 21.1. The number of fused-ring (bicyclic) bond motifs is 6. The molecule has 11 aromatic rings. The Bertz CT molecular complexity index is 3820. The number of unbranched alkanes of at least 4 members (excludes halogenated alkanes) is 1. The molecule has 1 aliphatic carbocycles. The van der Waals surface area contributed by atoms with Crippen molar-refractivity contribution in [2.75, 3.05) is 11.5 Å². The summed E-state index contributed by atoms with van der Waals surface area (Å²) in [4.78, 5) is 2.43. The molecule has 0 bridgehead atoms. The fraction of sp³-hybridized carbons (Fsp3) is 0.123. The first kappa shape index (κ1) is 48.0. The third-order valence-electron chi connectivity index (χ3n) is 16.0. The average molecular weight is 983 g/mol. The van der Waals surface area contributed by atoms with Gasteiger partial charge in [-0.05, 0) is 165 Å². The Balaban J connectivity index is 0.892. The summed E-state index contributed by atoms with van der Waals surface area (Å²) in [6, 6.07) is 89.1. The topological polar surface area (TPSA) is 17.4 Å². The summed E-state index contributed by atoms with van der Waals surface area (Å²) >= 11 is 0. The second-order valence-electron chi connectivity index (χ2n) is 20.3. The number of nitrogens with zero attached hydrogens (tertiary/aromatic N) is 2.